The molecule has 0 unspecified atom stereocenters. The average molecular weight is 467 g/mol. The molecule has 0 saturated carbocycles. The Balaban J connectivity index is 1.26. The summed E-state index contributed by atoms with van der Waals surface area (Å²) >= 11 is 0. The maximum absolute atomic E-state index is 12.6. The van der Waals surface area contributed by atoms with Crippen molar-refractivity contribution in [2.24, 2.45) is 0 Å². The number of nitrogens with one attached hydrogen (secondary N) is 1. The summed E-state index contributed by atoms with van der Waals surface area (Å²) < 4.78 is 27.7. The van der Waals surface area contributed by atoms with Crippen LogP contribution in [0.1, 0.15) is 23.1 Å². The molecule has 2 aromatic carbocycles. The number of benzene rings is 2. The largest absolute Gasteiger partial charge is 0.340 e. The highest BCUT2D eigenvalue weighted by atomic mass is 32.2. The molecule has 174 valence electrons. The molecule has 3 aromatic rings. The Kier molecular flexibility index (Phi) is 7.07. The maximum Gasteiger partial charge on any atom is 0.240 e. The van der Waals surface area contributed by atoms with Gasteiger partial charge in [-0.1, -0.05) is 42.0 Å². The van der Waals surface area contributed by atoms with Crippen molar-refractivity contribution in [2.45, 2.75) is 31.7 Å². The number of sulfonamides is 1. The standard InChI is InChI=1S/C25H30N4O3S/c1-19-8-9-23(20(2)17-19)33(31,32)27-12-10-24(30)29-15-13-28(14-16-29)18-22-6-3-5-21-7-4-11-26-25(21)22/h3-9,11,17,27H,10,12-16,18H2,1-2H3. The lowest BCUT2D eigenvalue weighted by molar-refractivity contribution is -0.132. The Bertz CT molecular complexity index is 1250. The van der Waals surface area contributed by atoms with Crippen LogP contribution in [0.2, 0.25) is 0 Å². The van der Waals surface area contributed by atoms with Crippen LogP contribution in [-0.4, -0.2) is 61.8 Å². The van der Waals surface area contributed by atoms with E-state index in [1.165, 1.54) is 5.56 Å². The molecule has 1 aromatic heterocycles. The van der Waals surface area contributed by atoms with Crippen LogP contribution in [0.3, 0.4) is 0 Å². The number of aromatic nitrogens is 1. The second-order valence-corrected chi connectivity index (χ2v) is 10.3. The van der Waals surface area contributed by atoms with Gasteiger partial charge in [0.2, 0.25) is 15.9 Å². The Morgan fingerprint density at radius 2 is 1.79 bits per heavy atom. The fourth-order valence-electron chi connectivity index (χ4n) is 4.32. The molecular weight excluding hydrogens is 436 g/mol. The summed E-state index contributed by atoms with van der Waals surface area (Å²) in [6.07, 6.45) is 1.97. The third kappa shape index (κ3) is 5.58. The number of nitrogens with zero attached hydrogens (tertiary/aromatic N) is 3. The first-order chi connectivity index (χ1) is 15.8. The van der Waals surface area contributed by atoms with E-state index in [0.717, 1.165) is 36.1 Å². The van der Waals surface area contributed by atoms with Crippen molar-refractivity contribution < 1.29 is 13.2 Å². The smallest absolute Gasteiger partial charge is 0.240 e. The van der Waals surface area contributed by atoms with Gasteiger partial charge in [0.1, 0.15) is 0 Å². The quantitative estimate of drug-likeness (QED) is 0.579. The molecule has 0 spiro atoms. The zero-order chi connectivity index (χ0) is 23.4. The maximum atomic E-state index is 12.6. The zero-order valence-electron chi connectivity index (χ0n) is 19.1. The Hall–Kier alpha value is -2.81. The predicted molar refractivity (Wildman–Crippen MR) is 129 cm³/mol. The predicted octanol–water partition coefficient (Wildman–Crippen LogP) is 2.86. The van der Waals surface area contributed by atoms with Crippen molar-refractivity contribution >= 4 is 26.8 Å². The molecule has 2 heterocycles. The topological polar surface area (TPSA) is 82.6 Å². The minimum Gasteiger partial charge on any atom is -0.340 e. The van der Waals surface area contributed by atoms with Gasteiger partial charge >= 0.3 is 0 Å². The number of rotatable bonds is 7. The van der Waals surface area contributed by atoms with E-state index in [2.05, 4.69) is 38.9 Å². The number of aryl methyl sites for hydroxylation is 2. The van der Waals surface area contributed by atoms with Gasteiger partial charge in [0, 0.05) is 57.3 Å². The molecule has 33 heavy (non-hydrogen) atoms. The van der Waals surface area contributed by atoms with Crippen LogP contribution in [0, 0.1) is 13.8 Å². The fourth-order valence-corrected chi connectivity index (χ4v) is 5.58. The Morgan fingerprint density at radius 1 is 1.03 bits per heavy atom. The summed E-state index contributed by atoms with van der Waals surface area (Å²) in [6.45, 7) is 7.44. The molecule has 1 aliphatic heterocycles. The molecule has 1 fully saturated rings. The van der Waals surface area contributed by atoms with E-state index in [1.54, 1.807) is 19.1 Å². The number of carbonyl (C=O) groups is 1. The fraction of sp³-hybridized carbons (Fsp3) is 0.360. The molecule has 7 nitrogen and oxygen atoms in total. The van der Waals surface area contributed by atoms with Gasteiger partial charge in [-0.2, -0.15) is 0 Å². The molecule has 4 rings (SSSR count). The van der Waals surface area contributed by atoms with E-state index >= 15 is 0 Å². The van der Waals surface area contributed by atoms with Crippen molar-refractivity contribution in [3.05, 3.63) is 71.4 Å². The summed E-state index contributed by atoms with van der Waals surface area (Å²) in [5.74, 6) is -0.0233. The monoisotopic (exact) mass is 466 g/mol. The number of piperazine rings is 1. The number of para-hydroxylation sites is 1. The summed E-state index contributed by atoms with van der Waals surface area (Å²) in [4.78, 5) is 21.6. The second kappa shape index (κ2) is 9.99. The average Bonchev–Trinajstić information content (AvgIpc) is 2.79. The summed E-state index contributed by atoms with van der Waals surface area (Å²) in [5.41, 5.74) is 3.92. The number of pyridine rings is 1. The van der Waals surface area contributed by atoms with Crippen molar-refractivity contribution in [2.75, 3.05) is 32.7 Å². The van der Waals surface area contributed by atoms with E-state index in [4.69, 9.17) is 0 Å². The van der Waals surface area contributed by atoms with E-state index in [9.17, 15) is 13.2 Å². The molecule has 1 saturated heterocycles. The van der Waals surface area contributed by atoms with Gasteiger partial charge in [0.15, 0.2) is 0 Å². The minimum absolute atomic E-state index is 0.0233. The van der Waals surface area contributed by atoms with Crippen molar-refractivity contribution in [1.82, 2.24) is 19.5 Å². The number of hydrogen-bond acceptors (Lipinski definition) is 5. The van der Waals surface area contributed by atoms with Crippen molar-refractivity contribution in [1.29, 1.82) is 0 Å². The van der Waals surface area contributed by atoms with Gasteiger partial charge in [-0.3, -0.25) is 14.7 Å². The van der Waals surface area contributed by atoms with Crippen LogP contribution in [-0.2, 0) is 21.4 Å². The summed E-state index contributed by atoms with van der Waals surface area (Å²) in [6, 6.07) is 15.5. The van der Waals surface area contributed by atoms with Gasteiger partial charge < -0.3 is 4.90 Å². The molecule has 0 radical (unpaired) electrons. The molecule has 0 aliphatic carbocycles. The van der Waals surface area contributed by atoms with Crippen LogP contribution >= 0.6 is 0 Å². The summed E-state index contributed by atoms with van der Waals surface area (Å²) in [5, 5.41) is 1.13. The first-order valence-electron chi connectivity index (χ1n) is 11.2. The molecule has 0 atom stereocenters. The second-order valence-electron chi connectivity index (χ2n) is 8.57. The van der Waals surface area contributed by atoms with E-state index in [1.807, 2.05) is 30.2 Å². The van der Waals surface area contributed by atoms with Gasteiger partial charge in [0.05, 0.1) is 10.4 Å². The summed E-state index contributed by atoms with van der Waals surface area (Å²) in [7, 11) is -3.63. The normalized spacial score (nSPS) is 15.2. The zero-order valence-corrected chi connectivity index (χ0v) is 19.9. The highest BCUT2D eigenvalue weighted by molar-refractivity contribution is 7.89. The highest BCUT2D eigenvalue weighted by Gasteiger charge is 2.22. The van der Waals surface area contributed by atoms with Crippen LogP contribution in [0.5, 0.6) is 0 Å². The molecular formula is C25H30N4O3S. The molecule has 0 bridgehead atoms. The first kappa shape index (κ1) is 23.4. The van der Waals surface area contributed by atoms with Crippen molar-refractivity contribution in [3.63, 3.8) is 0 Å². The van der Waals surface area contributed by atoms with Crippen LogP contribution in [0.25, 0.3) is 10.9 Å². The number of amides is 1. The number of carbonyl (C=O) groups excluding carboxylic acids is 1. The lowest BCUT2D eigenvalue weighted by Crippen LogP contribution is -2.48. The third-order valence-corrected chi connectivity index (χ3v) is 7.71. The van der Waals surface area contributed by atoms with Crippen LogP contribution in [0.15, 0.2) is 59.6 Å². The molecule has 1 amide bonds. The van der Waals surface area contributed by atoms with Gasteiger partial charge in [-0.15, -0.1) is 0 Å². The third-order valence-electron chi connectivity index (χ3n) is 6.09. The molecule has 1 N–H and O–H groups in total. The van der Waals surface area contributed by atoms with E-state index in [-0.39, 0.29) is 23.8 Å². The van der Waals surface area contributed by atoms with Gasteiger partial charge in [-0.25, -0.2) is 13.1 Å². The molecule has 8 heteroatoms. The number of hydrogen-bond donors (Lipinski definition) is 1. The van der Waals surface area contributed by atoms with Gasteiger partial charge in [0.25, 0.3) is 0 Å². The lowest BCUT2D eigenvalue weighted by atomic mass is 10.1. The van der Waals surface area contributed by atoms with Crippen LogP contribution < -0.4 is 4.72 Å². The van der Waals surface area contributed by atoms with E-state index in [0.29, 0.717) is 18.7 Å². The van der Waals surface area contributed by atoms with Gasteiger partial charge in [-0.05, 0) is 37.1 Å². The SMILES string of the molecule is Cc1ccc(S(=O)(=O)NCCC(=O)N2CCN(Cc3cccc4cccnc34)CC2)c(C)c1. The number of fused-ring (bicyclic) bond motifs is 1. The first-order valence-corrected chi connectivity index (χ1v) is 12.7. The highest BCUT2D eigenvalue weighted by Crippen LogP contribution is 2.19. The molecule has 1 aliphatic rings. The minimum atomic E-state index is -3.63. The van der Waals surface area contributed by atoms with E-state index < -0.39 is 10.0 Å². The Morgan fingerprint density at radius 3 is 2.55 bits per heavy atom. The lowest BCUT2D eigenvalue weighted by Gasteiger charge is -2.35. The van der Waals surface area contributed by atoms with Crippen LogP contribution in [0.4, 0.5) is 0 Å². The van der Waals surface area contributed by atoms with Crippen molar-refractivity contribution in [3.8, 4) is 0 Å². The Labute approximate surface area is 195 Å².